The Morgan fingerprint density at radius 3 is 2.41 bits per heavy atom. The smallest absolute Gasteiger partial charge is 0.192 e. The van der Waals surface area contributed by atoms with Gasteiger partial charge in [0, 0.05) is 26.4 Å². The van der Waals surface area contributed by atoms with Crippen LogP contribution in [0, 0.1) is 13.8 Å². The molecule has 0 saturated heterocycles. The number of benzene rings is 1. The van der Waals surface area contributed by atoms with Crippen molar-refractivity contribution in [1.82, 2.24) is 9.97 Å². The molecule has 0 aliphatic heterocycles. The average molecular weight is 310 g/mol. The predicted octanol–water partition coefficient (Wildman–Crippen LogP) is 3.59. The molecule has 1 aromatic carbocycles. The van der Waals surface area contributed by atoms with Crippen molar-refractivity contribution >= 4 is 33.4 Å². The Bertz CT molecular complexity index is 537. The molecule has 3 nitrogen and oxygen atoms in total. The fourth-order valence-electron chi connectivity index (χ4n) is 1.43. The van der Waals surface area contributed by atoms with Crippen molar-refractivity contribution in [2.24, 2.45) is 0 Å². The highest BCUT2D eigenvalue weighted by atomic mass is 79.9. The molecule has 0 aliphatic carbocycles. The van der Waals surface area contributed by atoms with Gasteiger partial charge in [-0.3, -0.25) is 0 Å². The van der Waals surface area contributed by atoms with Gasteiger partial charge in [-0.2, -0.15) is 0 Å². The van der Waals surface area contributed by atoms with Crippen molar-refractivity contribution in [2.75, 3.05) is 5.73 Å². The fraction of sp³-hybridized carbons (Fsp3) is 0.167. The molecule has 2 rings (SSSR count). The molecule has 0 unspecified atom stereocenters. The number of nitrogen functional groups attached to an aromatic ring is 1. The molecule has 0 spiro atoms. The molecule has 0 saturated carbocycles. The molecule has 0 fully saturated rings. The quantitative estimate of drug-likeness (QED) is 0.680. The van der Waals surface area contributed by atoms with Gasteiger partial charge in [0.15, 0.2) is 5.16 Å². The lowest BCUT2D eigenvalue weighted by Gasteiger charge is -2.06. The molecule has 1 aromatic heterocycles. The first-order chi connectivity index (χ1) is 8.04. The van der Waals surface area contributed by atoms with Gasteiger partial charge in [-0.25, -0.2) is 9.97 Å². The molecule has 0 aliphatic rings. The third-order valence-electron chi connectivity index (χ3n) is 2.14. The molecule has 17 heavy (non-hydrogen) atoms. The summed E-state index contributed by atoms with van der Waals surface area (Å²) in [4.78, 5) is 9.72. The van der Waals surface area contributed by atoms with E-state index in [1.807, 2.05) is 38.1 Å². The third kappa shape index (κ3) is 3.20. The van der Waals surface area contributed by atoms with Crippen molar-refractivity contribution in [2.45, 2.75) is 23.9 Å². The lowest BCUT2D eigenvalue weighted by atomic mass is 10.3. The number of aryl methyl sites for hydroxylation is 2. The van der Waals surface area contributed by atoms with E-state index in [1.54, 1.807) is 0 Å². The van der Waals surface area contributed by atoms with Crippen LogP contribution in [0.4, 0.5) is 5.69 Å². The minimum Gasteiger partial charge on any atom is -0.398 e. The molecule has 5 heteroatoms. The monoisotopic (exact) mass is 309 g/mol. The molecular formula is C12H12BrN3S. The van der Waals surface area contributed by atoms with E-state index in [9.17, 15) is 0 Å². The molecule has 1 heterocycles. The van der Waals surface area contributed by atoms with Crippen LogP contribution in [0.3, 0.4) is 0 Å². The van der Waals surface area contributed by atoms with Gasteiger partial charge in [-0.1, -0.05) is 15.9 Å². The Labute approximate surface area is 113 Å². The maximum Gasteiger partial charge on any atom is 0.192 e. The first-order valence-corrected chi connectivity index (χ1v) is 6.71. The second-order valence-corrected chi connectivity index (χ2v) is 5.64. The Hall–Kier alpha value is -1.07. The topological polar surface area (TPSA) is 51.8 Å². The van der Waals surface area contributed by atoms with Crippen molar-refractivity contribution in [3.05, 3.63) is 40.1 Å². The van der Waals surface area contributed by atoms with Gasteiger partial charge in [-0.05, 0) is 49.9 Å². The van der Waals surface area contributed by atoms with Crippen LogP contribution in [0.1, 0.15) is 11.4 Å². The van der Waals surface area contributed by atoms with Crippen LogP contribution in [0.5, 0.6) is 0 Å². The van der Waals surface area contributed by atoms with E-state index >= 15 is 0 Å². The highest BCUT2D eigenvalue weighted by molar-refractivity contribution is 9.10. The zero-order chi connectivity index (χ0) is 12.4. The standard InChI is InChI=1S/C12H12BrN3S/c1-7-5-8(2)16-12(15-7)17-11-6-9(13)3-4-10(11)14/h3-6H,14H2,1-2H3. The van der Waals surface area contributed by atoms with Gasteiger partial charge in [0.05, 0.1) is 0 Å². The Balaban J connectivity index is 2.34. The van der Waals surface area contributed by atoms with Gasteiger partial charge in [0.2, 0.25) is 0 Å². The number of hydrogen-bond acceptors (Lipinski definition) is 4. The van der Waals surface area contributed by atoms with Crippen LogP contribution >= 0.6 is 27.7 Å². The second-order valence-electron chi connectivity index (χ2n) is 3.72. The van der Waals surface area contributed by atoms with Gasteiger partial charge < -0.3 is 5.73 Å². The Morgan fingerprint density at radius 1 is 1.12 bits per heavy atom. The molecule has 0 atom stereocenters. The molecular weight excluding hydrogens is 298 g/mol. The minimum absolute atomic E-state index is 0.729. The van der Waals surface area contributed by atoms with Crippen molar-refractivity contribution in [3.8, 4) is 0 Å². The maximum atomic E-state index is 5.92. The molecule has 88 valence electrons. The lowest BCUT2D eigenvalue weighted by Crippen LogP contribution is -1.94. The van der Waals surface area contributed by atoms with Gasteiger partial charge in [0.1, 0.15) is 0 Å². The second kappa shape index (κ2) is 5.06. The van der Waals surface area contributed by atoms with Gasteiger partial charge in [0.25, 0.3) is 0 Å². The third-order valence-corrected chi connectivity index (χ3v) is 3.57. The number of nitrogens with zero attached hydrogens (tertiary/aromatic N) is 2. The van der Waals surface area contributed by atoms with Crippen molar-refractivity contribution in [3.63, 3.8) is 0 Å². The average Bonchev–Trinajstić information content (AvgIpc) is 2.22. The summed E-state index contributed by atoms with van der Waals surface area (Å²) in [5, 5.41) is 0.729. The number of hydrogen-bond donors (Lipinski definition) is 1. The summed E-state index contributed by atoms with van der Waals surface area (Å²) < 4.78 is 0.999. The lowest BCUT2D eigenvalue weighted by molar-refractivity contribution is 0.902. The Morgan fingerprint density at radius 2 is 1.76 bits per heavy atom. The molecule has 2 N–H and O–H groups in total. The van der Waals surface area contributed by atoms with Crippen LogP contribution in [0.2, 0.25) is 0 Å². The van der Waals surface area contributed by atoms with E-state index in [4.69, 9.17) is 5.73 Å². The molecule has 2 aromatic rings. The van der Waals surface area contributed by atoms with Crippen molar-refractivity contribution < 1.29 is 0 Å². The van der Waals surface area contributed by atoms with E-state index in [0.717, 1.165) is 31.6 Å². The zero-order valence-electron chi connectivity index (χ0n) is 9.57. The SMILES string of the molecule is Cc1cc(C)nc(Sc2cc(Br)ccc2N)n1. The van der Waals surface area contributed by atoms with E-state index < -0.39 is 0 Å². The highest BCUT2D eigenvalue weighted by Gasteiger charge is 2.06. The van der Waals surface area contributed by atoms with E-state index in [0.29, 0.717) is 0 Å². The van der Waals surface area contributed by atoms with Crippen LogP contribution in [0.15, 0.2) is 38.8 Å². The summed E-state index contributed by atoms with van der Waals surface area (Å²) in [5.41, 5.74) is 8.59. The van der Waals surface area contributed by atoms with Gasteiger partial charge >= 0.3 is 0 Å². The van der Waals surface area contributed by atoms with Crippen LogP contribution in [0.25, 0.3) is 0 Å². The van der Waals surface area contributed by atoms with Crippen molar-refractivity contribution in [1.29, 1.82) is 0 Å². The number of halogens is 1. The highest BCUT2D eigenvalue weighted by Crippen LogP contribution is 2.32. The summed E-state index contributed by atoms with van der Waals surface area (Å²) >= 11 is 4.91. The van der Waals surface area contributed by atoms with Crippen LogP contribution in [-0.2, 0) is 0 Å². The summed E-state index contributed by atoms with van der Waals surface area (Å²) in [6.45, 7) is 3.92. The van der Waals surface area contributed by atoms with Gasteiger partial charge in [-0.15, -0.1) is 0 Å². The van der Waals surface area contributed by atoms with Crippen LogP contribution in [-0.4, -0.2) is 9.97 Å². The summed E-state index contributed by atoms with van der Waals surface area (Å²) in [7, 11) is 0. The first kappa shape index (κ1) is 12.4. The van der Waals surface area contributed by atoms with E-state index in [1.165, 1.54) is 11.8 Å². The number of rotatable bonds is 2. The maximum absolute atomic E-state index is 5.92. The first-order valence-electron chi connectivity index (χ1n) is 5.10. The van der Waals surface area contributed by atoms with E-state index in [-0.39, 0.29) is 0 Å². The summed E-state index contributed by atoms with van der Waals surface area (Å²) in [6, 6.07) is 7.71. The van der Waals surface area contributed by atoms with Crippen LogP contribution < -0.4 is 5.73 Å². The van der Waals surface area contributed by atoms with E-state index in [2.05, 4.69) is 25.9 Å². The Kier molecular flexibility index (Phi) is 3.69. The normalized spacial score (nSPS) is 10.5. The molecule has 0 radical (unpaired) electrons. The largest absolute Gasteiger partial charge is 0.398 e. The molecule has 0 amide bonds. The summed E-state index contributed by atoms with van der Waals surface area (Å²) in [6.07, 6.45) is 0. The number of aromatic nitrogens is 2. The minimum atomic E-state index is 0.729. The number of nitrogens with two attached hydrogens (primary N) is 1. The summed E-state index contributed by atoms with van der Waals surface area (Å²) in [5.74, 6) is 0. The fourth-order valence-corrected chi connectivity index (χ4v) is 2.89. The zero-order valence-corrected chi connectivity index (χ0v) is 12.0. The predicted molar refractivity (Wildman–Crippen MR) is 74.2 cm³/mol. The molecule has 0 bridgehead atoms. The number of anilines is 1.